The van der Waals surface area contributed by atoms with Gasteiger partial charge in [-0.1, -0.05) is 18.2 Å². The monoisotopic (exact) mass is 378 g/mol. The number of hydrogen-bond donors (Lipinski definition) is 2. The highest BCUT2D eigenvalue weighted by atomic mass is 19.1. The van der Waals surface area contributed by atoms with Crippen LogP contribution in [-0.2, 0) is 0 Å². The summed E-state index contributed by atoms with van der Waals surface area (Å²) in [5.74, 6) is -0.571. The molecule has 0 atom stereocenters. The van der Waals surface area contributed by atoms with Crippen molar-refractivity contribution in [2.45, 2.75) is 6.92 Å². The number of nitrogens with one attached hydrogen (secondary N) is 2. The van der Waals surface area contributed by atoms with Gasteiger partial charge in [0, 0.05) is 11.3 Å². The Balaban J connectivity index is 1.78. The third-order valence-corrected chi connectivity index (χ3v) is 4.20. The van der Waals surface area contributed by atoms with Crippen LogP contribution < -0.4 is 15.4 Å². The van der Waals surface area contributed by atoms with E-state index in [0.717, 1.165) is 0 Å². The molecule has 0 unspecified atom stereocenters. The summed E-state index contributed by atoms with van der Waals surface area (Å²) in [5, 5.41) is 5.38. The lowest BCUT2D eigenvalue weighted by Gasteiger charge is -2.12. The lowest BCUT2D eigenvalue weighted by Crippen LogP contribution is -2.18. The van der Waals surface area contributed by atoms with E-state index in [0.29, 0.717) is 28.3 Å². The number of aryl methyl sites for hydroxylation is 1. The molecular weight excluding hydrogens is 359 g/mol. The number of carbonyl (C=O) groups is 2. The van der Waals surface area contributed by atoms with Gasteiger partial charge in [0.1, 0.15) is 11.6 Å². The fourth-order valence-corrected chi connectivity index (χ4v) is 2.60. The SMILES string of the molecule is COc1ccc(C(=O)Nc2ccccc2C(=O)Nc2ccc(C)c(F)c2)cc1. The molecule has 0 aliphatic rings. The molecule has 0 aliphatic heterocycles. The zero-order chi connectivity index (χ0) is 20.1. The van der Waals surface area contributed by atoms with Crippen LogP contribution in [0.1, 0.15) is 26.3 Å². The number of benzene rings is 3. The molecule has 3 rings (SSSR count). The van der Waals surface area contributed by atoms with Gasteiger partial charge in [-0.2, -0.15) is 0 Å². The van der Waals surface area contributed by atoms with Crippen molar-refractivity contribution in [1.82, 2.24) is 0 Å². The lowest BCUT2D eigenvalue weighted by atomic mass is 10.1. The number of ether oxygens (including phenoxy) is 1. The molecule has 3 aromatic carbocycles. The smallest absolute Gasteiger partial charge is 0.257 e. The average Bonchev–Trinajstić information content (AvgIpc) is 2.71. The van der Waals surface area contributed by atoms with Gasteiger partial charge in [-0.05, 0) is 61.0 Å². The van der Waals surface area contributed by atoms with Gasteiger partial charge in [-0.25, -0.2) is 4.39 Å². The lowest BCUT2D eigenvalue weighted by molar-refractivity contribution is 0.102. The van der Waals surface area contributed by atoms with E-state index < -0.39 is 11.7 Å². The summed E-state index contributed by atoms with van der Waals surface area (Å²) in [7, 11) is 1.55. The maximum absolute atomic E-state index is 13.7. The second-order valence-corrected chi connectivity index (χ2v) is 6.15. The number of methoxy groups -OCH3 is 1. The summed E-state index contributed by atoms with van der Waals surface area (Å²) >= 11 is 0. The van der Waals surface area contributed by atoms with E-state index in [9.17, 15) is 14.0 Å². The number of carbonyl (C=O) groups excluding carboxylic acids is 2. The Morgan fingerprint density at radius 1 is 0.893 bits per heavy atom. The summed E-state index contributed by atoms with van der Waals surface area (Å²) < 4.78 is 18.8. The van der Waals surface area contributed by atoms with Crippen LogP contribution in [0.2, 0.25) is 0 Å². The van der Waals surface area contributed by atoms with Gasteiger partial charge in [0.25, 0.3) is 11.8 Å². The average molecular weight is 378 g/mol. The summed E-state index contributed by atoms with van der Waals surface area (Å²) in [5.41, 5.74) is 1.88. The fourth-order valence-electron chi connectivity index (χ4n) is 2.60. The van der Waals surface area contributed by atoms with E-state index in [2.05, 4.69) is 10.6 Å². The topological polar surface area (TPSA) is 67.4 Å². The number of rotatable bonds is 5. The molecule has 0 heterocycles. The first kappa shape index (κ1) is 19.1. The molecule has 2 amide bonds. The van der Waals surface area contributed by atoms with Crippen molar-refractivity contribution in [3.8, 4) is 5.75 Å². The molecule has 5 nitrogen and oxygen atoms in total. The minimum atomic E-state index is -0.450. The van der Waals surface area contributed by atoms with Crippen LogP contribution in [-0.4, -0.2) is 18.9 Å². The molecule has 142 valence electrons. The van der Waals surface area contributed by atoms with E-state index in [1.165, 1.54) is 6.07 Å². The van der Waals surface area contributed by atoms with E-state index in [-0.39, 0.29) is 11.5 Å². The number of halogens is 1. The van der Waals surface area contributed by atoms with Crippen molar-refractivity contribution < 1.29 is 18.7 Å². The summed E-state index contributed by atoms with van der Waals surface area (Å²) in [6, 6.07) is 17.7. The molecule has 6 heteroatoms. The van der Waals surface area contributed by atoms with Crippen molar-refractivity contribution in [2.24, 2.45) is 0 Å². The molecule has 0 aromatic heterocycles. The van der Waals surface area contributed by atoms with E-state index in [1.807, 2.05) is 0 Å². The zero-order valence-corrected chi connectivity index (χ0v) is 15.5. The minimum absolute atomic E-state index is 0.269. The molecule has 0 saturated heterocycles. The van der Waals surface area contributed by atoms with Gasteiger partial charge in [-0.3, -0.25) is 9.59 Å². The highest BCUT2D eigenvalue weighted by molar-refractivity contribution is 6.12. The van der Waals surface area contributed by atoms with Crippen molar-refractivity contribution in [2.75, 3.05) is 17.7 Å². The van der Waals surface area contributed by atoms with Crippen molar-refractivity contribution in [3.05, 3.63) is 89.2 Å². The zero-order valence-electron chi connectivity index (χ0n) is 15.5. The molecule has 0 aliphatic carbocycles. The van der Waals surface area contributed by atoms with Gasteiger partial charge >= 0.3 is 0 Å². The van der Waals surface area contributed by atoms with Crippen molar-refractivity contribution in [3.63, 3.8) is 0 Å². The van der Waals surface area contributed by atoms with Crippen LogP contribution in [0.25, 0.3) is 0 Å². The number of amides is 2. The van der Waals surface area contributed by atoms with Crippen LogP contribution in [0.15, 0.2) is 66.7 Å². The van der Waals surface area contributed by atoms with Gasteiger partial charge < -0.3 is 15.4 Å². The second-order valence-electron chi connectivity index (χ2n) is 6.15. The van der Waals surface area contributed by atoms with Crippen LogP contribution >= 0.6 is 0 Å². The molecule has 3 aromatic rings. The Hall–Kier alpha value is -3.67. The Kier molecular flexibility index (Phi) is 5.69. The minimum Gasteiger partial charge on any atom is -0.497 e. The Morgan fingerprint density at radius 2 is 1.61 bits per heavy atom. The Morgan fingerprint density at radius 3 is 2.29 bits per heavy atom. The van der Waals surface area contributed by atoms with Gasteiger partial charge in [0.05, 0.1) is 18.4 Å². The molecule has 0 radical (unpaired) electrons. The van der Waals surface area contributed by atoms with Gasteiger partial charge in [0.2, 0.25) is 0 Å². The van der Waals surface area contributed by atoms with Crippen LogP contribution in [0.4, 0.5) is 15.8 Å². The maximum atomic E-state index is 13.7. The molecule has 0 spiro atoms. The van der Waals surface area contributed by atoms with Gasteiger partial charge in [0.15, 0.2) is 0 Å². The molecule has 28 heavy (non-hydrogen) atoms. The van der Waals surface area contributed by atoms with Crippen molar-refractivity contribution >= 4 is 23.2 Å². The Labute approximate surface area is 162 Å². The molecule has 0 fully saturated rings. The van der Waals surface area contributed by atoms with Crippen LogP contribution in [0.5, 0.6) is 5.75 Å². The van der Waals surface area contributed by atoms with E-state index >= 15 is 0 Å². The summed E-state index contributed by atoms with van der Waals surface area (Å²) in [4.78, 5) is 25.1. The van der Waals surface area contributed by atoms with Crippen LogP contribution in [0.3, 0.4) is 0 Å². The fraction of sp³-hybridized carbons (Fsp3) is 0.0909. The highest BCUT2D eigenvalue weighted by Gasteiger charge is 2.15. The molecular formula is C22H19FN2O3. The number of anilines is 2. The first-order chi connectivity index (χ1) is 13.5. The number of hydrogen-bond acceptors (Lipinski definition) is 3. The third kappa shape index (κ3) is 4.35. The first-order valence-corrected chi connectivity index (χ1v) is 8.60. The van der Waals surface area contributed by atoms with Crippen molar-refractivity contribution in [1.29, 1.82) is 0 Å². The maximum Gasteiger partial charge on any atom is 0.257 e. The summed E-state index contributed by atoms with van der Waals surface area (Å²) in [6.45, 7) is 1.64. The second kappa shape index (κ2) is 8.35. The quantitative estimate of drug-likeness (QED) is 0.679. The van der Waals surface area contributed by atoms with E-state index in [4.69, 9.17) is 4.74 Å². The standard InChI is InChI=1S/C22H19FN2O3/c1-14-7-10-16(13-19(14)23)24-22(27)18-5-3-4-6-20(18)25-21(26)15-8-11-17(28-2)12-9-15/h3-13H,1-2H3,(H,24,27)(H,25,26). The summed E-state index contributed by atoms with van der Waals surface area (Å²) in [6.07, 6.45) is 0. The molecule has 2 N–H and O–H groups in total. The third-order valence-electron chi connectivity index (χ3n) is 4.20. The normalized spacial score (nSPS) is 10.2. The van der Waals surface area contributed by atoms with Crippen LogP contribution in [0, 0.1) is 12.7 Å². The molecule has 0 bridgehead atoms. The van der Waals surface area contributed by atoms with Gasteiger partial charge in [-0.15, -0.1) is 0 Å². The first-order valence-electron chi connectivity index (χ1n) is 8.60. The number of para-hydroxylation sites is 1. The largest absolute Gasteiger partial charge is 0.497 e. The van der Waals surface area contributed by atoms with E-state index in [1.54, 1.807) is 74.7 Å². The highest BCUT2D eigenvalue weighted by Crippen LogP contribution is 2.20. The predicted octanol–water partition coefficient (Wildman–Crippen LogP) is 4.65. The predicted molar refractivity (Wildman–Crippen MR) is 106 cm³/mol. The molecule has 0 saturated carbocycles. The Bertz CT molecular complexity index is 1020.